The van der Waals surface area contributed by atoms with Crippen LogP contribution in [0.5, 0.6) is 0 Å². The topological polar surface area (TPSA) is 104 Å². The minimum Gasteiger partial charge on any atom is -0.331 e. The maximum Gasteiger partial charge on any atom is 0.241 e. The van der Waals surface area contributed by atoms with Gasteiger partial charge in [-0.2, -0.15) is 0 Å². The Morgan fingerprint density at radius 2 is 1.85 bits per heavy atom. The molecule has 2 amide bonds. The first-order chi connectivity index (χ1) is 15.4. The monoisotopic (exact) mass is 493 g/mol. The number of anilines is 1. The molecule has 2 unspecified atom stereocenters. The number of hydrogen-bond acceptors (Lipinski definition) is 6. The molecule has 33 heavy (non-hydrogen) atoms. The standard InChI is InChI=1S/C23H28FN3O4S2/c1-14-5-8-16(11-18(14)24)26-20(28)13-32-22-25-12-19(21(29)27-22)33(30,31)17-9-6-15(7-10-17)23(2,3)4/h5-11,19,22,25H,12-13H2,1-4H3,(H,26,28)(H,27,29). The van der Waals surface area contributed by atoms with Gasteiger partial charge in [0.1, 0.15) is 11.3 Å². The number of halogens is 1. The number of thioether (sulfide) groups is 1. The Bertz CT molecular complexity index is 1150. The van der Waals surface area contributed by atoms with Crippen LogP contribution in [0.1, 0.15) is 31.9 Å². The van der Waals surface area contributed by atoms with E-state index in [4.69, 9.17) is 0 Å². The van der Waals surface area contributed by atoms with Gasteiger partial charge in [-0.25, -0.2) is 12.8 Å². The molecule has 1 fully saturated rings. The van der Waals surface area contributed by atoms with Gasteiger partial charge in [-0.05, 0) is 47.7 Å². The Kier molecular flexibility index (Phi) is 7.50. The van der Waals surface area contributed by atoms with Crippen LogP contribution in [-0.2, 0) is 24.8 Å². The molecule has 0 aliphatic carbocycles. The van der Waals surface area contributed by atoms with E-state index in [1.54, 1.807) is 31.2 Å². The van der Waals surface area contributed by atoms with E-state index < -0.39 is 32.3 Å². The smallest absolute Gasteiger partial charge is 0.241 e. The molecule has 2 aromatic carbocycles. The molecular formula is C23H28FN3O4S2. The molecule has 1 saturated heterocycles. The highest BCUT2D eigenvalue weighted by molar-refractivity contribution is 8.00. The van der Waals surface area contributed by atoms with Crippen molar-refractivity contribution in [1.29, 1.82) is 0 Å². The van der Waals surface area contributed by atoms with Gasteiger partial charge in [-0.3, -0.25) is 14.9 Å². The SMILES string of the molecule is Cc1ccc(NC(=O)CSC2NCC(S(=O)(=O)c3ccc(C(C)(C)C)cc3)C(=O)N2)cc1F. The summed E-state index contributed by atoms with van der Waals surface area (Å²) in [4.78, 5) is 24.8. The Balaban J connectivity index is 1.56. The third-order valence-electron chi connectivity index (χ3n) is 5.31. The molecule has 1 aliphatic rings. The zero-order valence-electron chi connectivity index (χ0n) is 18.9. The van der Waals surface area contributed by atoms with Crippen LogP contribution in [0.25, 0.3) is 0 Å². The second kappa shape index (κ2) is 9.82. The minimum absolute atomic E-state index is 0.0148. The Morgan fingerprint density at radius 3 is 2.42 bits per heavy atom. The maximum absolute atomic E-state index is 13.6. The van der Waals surface area contributed by atoms with Gasteiger partial charge in [0, 0.05) is 12.2 Å². The number of amides is 2. The van der Waals surface area contributed by atoms with Crippen molar-refractivity contribution in [1.82, 2.24) is 10.6 Å². The number of nitrogens with one attached hydrogen (secondary N) is 3. The van der Waals surface area contributed by atoms with Crippen LogP contribution >= 0.6 is 11.8 Å². The molecule has 0 bridgehead atoms. The van der Waals surface area contributed by atoms with Crippen LogP contribution in [0.3, 0.4) is 0 Å². The van der Waals surface area contributed by atoms with Gasteiger partial charge < -0.3 is 10.6 Å². The highest BCUT2D eigenvalue weighted by Crippen LogP contribution is 2.26. The van der Waals surface area contributed by atoms with E-state index >= 15 is 0 Å². The van der Waals surface area contributed by atoms with Crippen molar-refractivity contribution in [3.63, 3.8) is 0 Å². The van der Waals surface area contributed by atoms with Crippen molar-refractivity contribution in [2.24, 2.45) is 0 Å². The van der Waals surface area contributed by atoms with Crippen molar-refractivity contribution in [3.8, 4) is 0 Å². The summed E-state index contributed by atoms with van der Waals surface area (Å²) < 4.78 is 39.6. The lowest BCUT2D eigenvalue weighted by atomic mass is 9.87. The van der Waals surface area contributed by atoms with Crippen LogP contribution in [-0.4, -0.2) is 43.3 Å². The van der Waals surface area contributed by atoms with Crippen LogP contribution in [0.2, 0.25) is 0 Å². The quantitative estimate of drug-likeness (QED) is 0.572. The van der Waals surface area contributed by atoms with Crippen molar-refractivity contribution >= 4 is 39.1 Å². The second-order valence-corrected chi connectivity index (χ2v) is 12.2. The van der Waals surface area contributed by atoms with Crippen molar-refractivity contribution in [3.05, 3.63) is 59.4 Å². The van der Waals surface area contributed by atoms with Crippen LogP contribution in [0.4, 0.5) is 10.1 Å². The minimum atomic E-state index is -3.88. The van der Waals surface area contributed by atoms with E-state index in [-0.39, 0.29) is 28.5 Å². The molecule has 3 rings (SSSR count). The summed E-state index contributed by atoms with van der Waals surface area (Å²) in [5, 5.41) is 6.90. The molecule has 1 aliphatic heterocycles. The van der Waals surface area contributed by atoms with Crippen LogP contribution in [0, 0.1) is 12.7 Å². The molecule has 7 nitrogen and oxygen atoms in total. The first-order valence-corrected chi connectivity index (χ1v) is 13.0. The number of rotatable bonds is 6. The highest BCUT2D eigenvalue weighted by Gasteiger charge is 2.38. The molecular weight excluding hydrogens is 465 g/mol. The molecule has 0 spiro atoms. The molecule has 10 heteroatoms. The van der Waals surface area contributed by atoms with Gasteiger partial charge in [-0.1, -0.05) is 39.0 Å². The number of hydrogen-bond donors (Lipinski definition) is 3. The fourth-order valence-corrected chi connectivity index (χ4v) is 5.58. The zero-order chi connectivity index (χ0) is 24.4. The number of carbonyl (C=O) groups excluding carboxylic acids is 2. The van der Waals surface area contributed by atoms with E-state index in [1.165, 1.54) is 18.2 Å². The average Bonchev–Trinajstić information content (AvgIpc) is 2.74. The summed E-state index contributed by atoms with van der Waals surface area (Å²) in [5.74, 6) is -1.42. The lowest BCUT2D eigenvalue weighted by molar-refractivity contribution is -0.122. The van der Waals surface area contributed by atoms with Gasteiger partial charge in [0.25, 0.3) is 0 Å². The summed E-state index contributed by atoms with van der Waals surface area (Å²) >= 11 is 1.11. The molecule has 0 saturated carbocycles. The van der Waals surface area contributed by atoms with E-state index in [9.17, 15) is 22.4 Å². The molecule has 2 atom stereocenters. The largest absolute Gasteiger partial charge is 0.331 e. The summed E-state index contributed by atoms with van der Waals surface area (Å²) in [7, 11) is -3.88. The van der Waals surface area contributed by atoms with E-state index in [0.717, 1.165) is 17.3 Å². The number of aryl methyl sites for hydroxylation is 1. The predicted molar refractivity (Wildman–Crippen MR) is 128 cm³/mol. The third kappa shape index (κ3) is 6.13. The van der Waals surface area contributed by atoms with Crippen molar-refractivity contribution < 1.29 is 22.4 Å². The van der Waals surface area contributed by atoms with E-state index in [2.05, 4.69) is 16.0 Å². The summed E-state index contributed by atoms with van der Waals surface area (Å²) in [6.45, 7) is 7.66. The van der Waals surface area contributed by atoms with Crippen LogP contribution < -0.4 is 16.0 Å². The molecule has 0 aromatic heterocycles. The average molecular weight is 494 g/mol. The van der Waals surface area contributed by atoms with Crippen LogP contribution in [0.15, 0.2) is 47.4 Å². The second-order valence-electron chi connectivity index (χ2n) is 8.93. The molecule has 1 heterocycles. The first kappa shape index (κ1) is 25.2. The van der Waals surface area contributed by atoms with E-state index in [1.807, 2.05) is 20.8 Å². The summed E-state index contributed by atoms with van der Waals surface area (Å²) in [6, 6.07) is 11.0. The Morgan fingerprint density at radius 1 is 1.18 bits per heavy atom. The summed E-state index contributed by atoms with van der Waals surface area (Å²) in [6.07, 6.45) is 0. The van der Waals surface area contributed by atoms with E-state index in [0.29, 0.717) is 11.3 Å². The fourth-order valence-electron chi connectivity index (χ4n) is 3.27. The molecule has 2 aromatic rings. The molecule has 0 radical (unpaired) electrons. The number of benzene rings is 2. The van der Waals surface area contributed by atoms with Gasteiger partial charge >= 0.3 is 0 Å². The molecule has 3 N–H and O–H groups in total. The normalized spacial score (nSPS) is 19.1. The third-order valence-corrected chi connectivity index (χ3v) is 8.42. The number of carbonyl (C=O) groups is 2. The molecule has 178 valence electrons. The predicted octanol–water partition coefficient (Wildman–Crippen LogP) is 2.95. The van der Waals surface area contributed by atoms with Gasteiger partial charge in [0.05, 0.1) is 10.6 Å². The Labute approximate surface area is 197 Å². The number of sulfone groups is 1. The lowest BCUT2D eigenvalue weighted by Gasteiger charge is -2.29. The first-order valence-electron chi connectivity index (χ1n) is 10.4. The maximum atomic E-state index is 13.6. The van der Waals surface area contributed by atoms with Gasteiger partial charge in [-0.15, -0.1) is 11.8 Å². The van der Waals surface area contributed by atoms with Gasteiger partial charge in [0.15, 0.2) is 15.1 Å². The van der Waals surface area contributed by atoms with Crippen molar-refractivity contribution in [2.45, 2.75) is 48.8 Å². The zero-order valence-corrected chi connectivity index (χ0v) is 20.6. The van der Waals surface area contributed by atoms with Crippen molar-refractivity contribution in [2.75, 3.05) is 17.6 Å². The van der Waals surface area contributed by atoms with Gasteiger partial charge in [0.2, 0.25) is 11.8 Å². The fraction of sp³-hybridized carbons (Fsp3) is 0.391. The summed E-state index contributed by atoms with van der Waals surface area (Å²) in [5.41, 5.74) is 1.08. The highest BCUT2D eigenvalue weighted by atomic mass is 32.2. The lowest BCUT2D eigenvalue weighted by Crippen LogP contribution is -2.59. The Hall–Kier alpha value is -2.43.